The van der Waals surface area contributed by atoms with Gasteiger partial charge in [0.1, 0.15) is 29.6 Å². The fourth-order valence-corrected chi connectivity index (χ4v) is 5.63. The molecule has 0 bridgehead atoms. The van der Waals surface area contributed by atoms with Crippen LogP contribution in [-0.4, -0.2) is 83.0 Å². The van der Waals surface area contributed by atoms with Crippen molar-refractivity contribution in [1.29, 1.82) is 0 Å². The Bertz CT molecular complexity index is 1680. The summed E-state index contributed by atoms with van der Waals surface area (Å²) in [5.74, 6) is -1.90. The van der Waals surface area contributed by atoms with Gasteiger partial charge < -0.3 is 30.1 Å². The fourth-order valence-electron chi connectivity index (χ4n) is 5.63. The van der Waals surface area contributed by atoms with Crippen LogP contribution in [0.25, 0.3) is 0 Å². The minimum Gasteiger partial charge on any atom is -0.508 e. The molecule has 0 fully saturated rings. The van der Waals surface area contributed by atoms with Gasteiger partial charge in [-0.25, -0.2) is 4.79 Å². The van der Waals surface area contributed by atoms with Crippen molar-refractivity contribution in [3.8, 4) is 11.5 Å². The Hall–Kier alpha value is -5.64. The normalized spacial score (nSPS) is 12.6. The summed E-state index contributed by atoms with van der Waals surface area (Å²) in [6.45, 7) is 0. The second-order valence-corrected chi connectivity index (χ2v) is 12.0. The molecule has 256 valence electrons. The van der Waals surface area contributed by atoms with Gasteiger partial charge in [-0.05, 0) is 52.9 Å². The van der Waals surface area contributed by atoms with E-state index in [0.717, 1.165) is 16.7 Å². The van der Waals surface area contributed by atoms with E-state index in [1.54, 1.807) is 67.8 Å². The number of hydrogen-bond donors (Lipinski definition) is 3. The lowest BCUT2D eigenvalue weighted by molar-refractivity contribution is -0.153. The van der Waals surface area contributed by atoms with E-state index < -0.39 is 35.9 Å². The summed E-state index contributed by atoms with van der Waals surface area (Å²) in [7, 11) is 4.47. The van der Waals surface area contributed by atoms with Gasteiger partial charge in [0.05, 0.1) is 7.11 Å². The molecule has 0 aliphatic carbocycles. The highest BCUT2D eigenvalue weighted by Crippen LogP contribution is 2.20. The quantitative estimate of drug-likeness (QED) is 0.163. The number of carboxylic acid groups (broad SMARTS) is 1. The standard InChI is InChI=1S/C39H43N3O7/c1-41(37(45)33(24-29-14-19-31(43)20-15-29)40-36(44)23-18-27-10-6-4-7-11-27)34(25-30-16-21-32(49-3)22-17-30)38(46)42(2)35(39(47)48)26-28-12-8-5-9-13-28/h4-17,19-22,33-35,43H,18,23-26H2,1-3H3,(H,40,44)(H,47,48)/t33-,34+,35+/m1/s1. The second kappa shape index (κ2) is 17.5. The van der Waals surface area contributed by atoms with Gasteiger partial charge in [0, 0.05) is 39.8 Å². The molecule has 0 aliphatic heterocycles. The second-order valence-electron chi connectivity index (χ2n) is 12.0. The van der Waals surface area contributed by atoms with Gasteiger partial charge in [-0.15, -0.1) is 0 Å². The van der Waals surface area contributed by atoms with E-state index in [1.807, 2.05) is 36.4 Å². The Balaban J connectivity index is 1.63. The molecule has 0 saturated heterocycles. The van der Waals surface area contributed by atoms with Crippen molar-refractivity contribution in [2.45, 2.75) is 50.2 Å². The molecule has 0 unspecified atom stereocenters. The zero-order valence-corrected chi connectivity index (χ0v) is 28.0. The number of aromatic hydroxyl groups is 1. The van der Waals surface area contributed by atoms with Crippen LogP contribution in [0.3, 0.4) is 0 Å². The van der Waals surface area contributed by atoms with Crippen LogP contribution in [0.2, 0.25) is 0 Å². The molecule has 0 heterocycles. The molecule has 0 saturated carbocycles. The van der Waals surface area contributed by atoms with Crippen LogP contribution < -0.4 is 10.1 Å². The SMILES string of the molecule is COc1ccc(C[C@@H](C(=O)N(C)[C@@H](Cc2ccccc2)C(=O)O)N(C)C(=O)[C@@H](Cc2ccc(O)cc2)NC(=O)CCc2ccccc2)cc1. The molecule has 10 heteroatoms. The maximum atomic E-state index is 14.3. The lowest BCUT2D eigenvalue weighted by Gasteiger charge is -2.35. The van der Waals surface area contributed by atoms with Gasteiger partial charge in [0.15, 0.2) is 0 Å². The van der Waals surface area contributed by atoms with Crippen molar-refractivity contribution < 1.29 is 34.1 Å². The first-order valence-electron chi connectivity index (χ1n) is 16.1. The molecule has 10 nitrogen and oxygen atoms in total. The molecular formula is C39H43N3O7. The van der Waals surface area contributed by atoms with Gasteiger partial charge in [0.2, 0.25) is 17.7 Å². The van der Waals surface area contributed by atoms with Crippen molar-refractivity contribution in [3.05, 3.63) is 131 Å². The monoisotopic (exact) mass is 665 g/mol. The number of nitrogens with one attached hydrogen (secondary N) is 1. The highest BCUT2D eigenvalue weighted by Gasteiger charge is 2.37. The molecule has 0 aliphatic rings. The number of phenolic OH excluding ortho intramolecular Hbond substituents is 1. The molecule has 3 N–H and O–H groups in total. The third-order valence-electron chi connectivity index (χ3n) is 8.55. The minimum absolute atomic E-state index is 0.0623. The summed E-state index contributed by atoms with van der Waals surface area (Å²) in [4.78, 5) is 56.8. The van der Waals surface area contributed by atoms with Gasteiger partial charge in [-0.2, -0.15) is 0 Å². The van der Waals surface area contributed by atoms with Crippen molar-refractivity contribution in [1.82, 2.24) is 15.1 Å². The van der Waals surface area contributed by atoms with Crippen LogP contribution in [0.4, 0.5) is 0 Å². The smallest absolute Gasteiger partial charge is 0.326 e. The van der Waals surface area contributed by atoms with Gasteiger partial charge in [-0.3, -0.25) is 14.4 Å². The number of ether oxygens (including phenoxy) is 1. The number of aryl methyl sites for hydroxylation is 1. The predicted octanol–water partition coefficient (Wildman–Crippen LogP) is 4.28. The number of carbonyl (C=O) groups excluding carboxylic acids is 3. The van der Waals surface area contributed by atoms with Crippen LogP contribution in [-0.2, 0) is 44.9 Å². The van der Waals surface area contributed by atoms with E-state index in [0.29, 0.717) is 17.7 Å². The first-order chi connectivity index (χ1) is 23.5. The number of methoxy groups -OCH3 is 1. The number of rotatable bonds is 16. The number of hydrogen-bond acceptors (Lipinski definition) is 6. The van der Waals surface area contributed by atoms with Gasteiger partial charge in [-0.1, -0.05) is 84.9 Å². The molecule has 0 spiro atoms. The van der Waals surface area contributed by atoms with E-state index in [-0.39, 0.29) is 37.3 Å². The molecule has 4 rings (SSSR count). The number of phenols is 1. The average Bonchev–Trinajstić information content (AvgIpc) is 3.12. The Morgan fingerprint density at radius 2 is 1.14 bits per heavy atom. The van der Waals surface area contributed by atoms with Crippen molar-refractivity contribution >= 4 is 23.7 Å². The largest absolute Gasteiger partial charge is 0.508 e. The zero-order valence-electron chi connectivity index (χ0n) is 28.0. The van der Waals surface area contributed by atoms with Crippen molar-refractivity contribution in [2.75, 3.05) is 21.2 Å². The van der Waals surface area contributed by atoms with E-state index in [4.69, 9.17) is 4.74 Å². The van der Waals surface area contributed by atoms with Crippen LogP contribution in [0.15, 0.2) is 109 Å². The molecule has 3 atom stereocenters. The third-order valence-corrected chi connectivity index (χ3v) is 8.55. The Kier molecular flexibility index (Phi) is 12.9. The zero-order chi connectivity index (χ0) is 35.3. The highest BCUT2D eigenvalue weighted by molar-refractivity contribution is 5.93. The fraction of sp³-hybridized carbons (Fsp3) is 0.282. The van der Waals surface area contributed by atoms with Crippen LogP contribution in [0, 0.1) is 0 Å². The molecule has 49 heavy (non-hydrogen) atoms. The summed E-state index contributed by atoms with van der Waals surface area (Å²) >= 11 is 0. The Morgan fingerprint density at radius 1 is 0.653 bits per heavy atom. The van der Waals surface area contributed by atoms with Crippen molar-refractivity contribution in [3.63, 3.8) is 0 Å². The van der Waals surface area contributed by atoms with E-state index in [9.17, 15) is 29.4 Å². The Labute approximate surface area is 286 Å². The Morgan fingerprint density at radius 3 is 1.71 bits per heavy atom. The van der Waals surface area contributed by atoms with Crippen molar-refractivity contribution in [2.24, 2.45) is 0 Å². The third kappa shape index (κ3) is 10.4. The maximum absolute atomic E-state index is 14.3. The number of carbonyl (C=O) groups is 4. The van der Waals surface area contributed by atoms with E-state index in [1.165, 1.54) is 36.0 Å². The molecule has 0 radical (unpaired) electrons. The van der Waals surface area contributed by atoms with E-state index >= 15 is 0 Å². The van der Waals surface area contributed by atoms with Crippen LogP contribution in [0.5, 0.6) is 11.5 Å². The minimum atomic E-state index is -1.19. The van der Waals surface area contributed by atoms with Crippen LogP contribution in [0.1, 0.15) is 28.7 Å². The topological polar surface area (TPSA) is 136 Å². The predicted molar refractivity (Wildman–Crippen MR) is 186 cm³/mol. The van der Waals surface area contributed by atoms with Gasteiger partial charge >= 0.3 is 5.97 Å². The number of aliphatic carboxylic acids is 1. The number of amides is 3. The lowest BCUT2D eigenvalue weighted by atomic mass is 9.99. The number of carboxylic acids is 1. The summed E-state index contributed by atoms with van der Waals surface area (Å²) in [6.07, 6.45) is 0.882. The average molecular weight is 666 g/mol. The highest BCUT2D eigenvalue weighted by atomic mass is 16.5. The number of benzene rings is 4. The molecule has 4 aromatic carbocycles. The molecular weight excluding hydrogens is 622 g/mol. The summed E-state index contributed by atoms with van der Waals surface area (Å²) < 4.78 is 5.28. The summed E-state index contributed by atoms with van der Waals surface area (Å²) in [5.41, 5.74) is 3.15. The number of nitrogens with zero attached hydrogens (tertiary/aromatic N) is 2. The number of likely N-dealkylation sites (N-methyl/N-ethyl adjacent to an activating group) is 2. The molecule has 0 aromatic heterocycles. The first kappa shape index (κ1) is 36.2. The molecule has 3 amide bonds. The first-order valence-corrected chi connectivity index (χ1v) is 16.1. The van der Waals surface area contributed by atoms with E-state index in [2.05, 4.69) is 5.32 Å². The maximum Gasteiger partial charge on any atom is 0.326 e. The van der Waals surface area contributed by atoms with Gasteiger partial charge in [0.25, 0.3) is 0 Å². The van der Waals surface area contributed by atoms with Crippen LogP contribution >= 0.6 is 0 Å². The summed E-state index contributed by atoms with van der Waals surface area (Å²) in [5, 5.41) is 22.9. The summed E-state index contributed by atoms with van der Waals surface area (Å²) in [6, 6.07) is 28.6. The lowest BCUT2D eigenvalue weighted by Crippen LogP contribution is -2.58. The molecule has 4 aromatic rings.